The predicted molar refractivity (Wildman–Crippen MR) is 124 cm³/mol. The van der Waals surface area contributed by atoms with Crippen LogP contribution in [0.5, 0.6) is 0 Å². The summed E-state index contributed by atoms with van der Waals surface area (Å²) < 4.78 is 12.0. The molecule has 0 saturated carbocycles. The van der Waals surface area contributed by atoms with E-state index in [4.69, 9.17) is 5.73 Å². The van der Waals surface area contributed by atoms with E-state index in [1.165, 1.54) is 0 Å². The zero-order valence-electron chi connectivity index (χ0n) is 19.9. The molecule has 0 aliphatic carbocycles. The fourth-order valence-corrected chi connectivity index (χ4v) is 4.28. The van der Waals surface area contributed by atoms with Crippen LogP contribution in [0, 0.1) is 17.8 Å². The molecule has 182 valence electrons. The Kier molecular flexibility index (Phi) is 13.7. The Balaban J connectivity index is 4.97. The molecule has 0 fully saturated rings. The van der Waals surface area contributed by atoms with Crippen LogP contribution in [0.15, 0.2) is 0 Å². The first kappa shape index (κ1) is 29.4. The second kappa shape index (κ2) is 14.5. The van der Waals surface area contributed by atoms with E-state index >= 15 is 0 Å². The van der Waals surface area contributed by atoms with Crippen LogP contribution in [0.4, 0.5) is 4.79 Å². The van der Waals surface area contributed by atoms with Gasteiger partial charge in [0, 0.05) is 30.8 Å². The van der Waals surface area contributed by atoms with E-state index in [9.17, 15) is 23.8 Å². The lowest BCUT2D eigenvalue weighted by Gasteiger charge is -2.26. The summed E-state index contributed by atoms with van der Waals surface area (Å²) in [7, 11) is -3.21. The van der Waals surface area contributed by atoms with Crippen LogP contribution < -0.4 is 21.7 Å². The number of rotatable bonds is 15. The molecule has 0 aromatic rings. The average Bonchev–Trinajstić information content (AvgIpc) is 2.64. The Morgan fingerprint density at radius 3 is 2.00 bits per heavy atom. The molecule has 0 radical (unpaired) electrons. The molecule has 0 rings (SSSR count). The molecule has 4 amide bonds. The third-order valence-corrected chi connectivity index (χ3v) is 7.80. The minimum Gasteiger partial charge on any atom is -0.354 e. The van der Waals surface area contributed by atoms with Crippen molar-refractivity contribution in [3.8, 4) is 0 Å². The molecular formula is C21H43N4O5P. The van der Waals surface area contributed by atoms with Gasteiger partial charge in [-0.05, 0) is 37.5 Å². The highest BCUT2D eigenvalue weighted by Crippen LogP contribution is 2.46. The molecule has 31 heavy (non-hydrogen) atoms. The molecule has 9 nitrogen and oxygen atoms in total. The van der Waals surface area contributed by atoms with Gasteiger partial charge in [-0.1, -0.05) is 41.5 Å². The van der Waals surface area contributed by atoms with E-state index < -0.39 is 19.4 Å². The zero-order chi connectivity index (χ0) is 24.2. The Morgan fingerprint density at radius 2 is 1.52 bits per heavy atom. The van der Waals surface area contributed by atoms with Crippen molar-refractivity contribution in [2.45, 2.75) is 78.9 Å². The third-order valence-electron chi connectivity index (χ3n) is 5.23. The summed E-state index contributed by atoms with van der Waals surface area (Å²) in [4.78, 5) is 46.3. The standard InChI is InChI=1S/C21H43N4O5P/c1-14(2)13-17(15(3)4)19(26)25-18(9-7-10-24-21(22)28)20(27)23-11-8-12-31(29,30)16(5)6/h14-18H,7-13H2,1-6H3,(H,23,27)(H,25,26)(H,29,30)(H3,22,24,28)/t17-,18-/m0/s1. The number of amides is 4. The van der Waals surface area contributed by atoms with Crippen molar-refractivity contribution >= 4 is 25.2 Å². The van der Waals surface area contributed by atoms with Gasteiger partial charge in [-0.15, -0.1) is 0 Å². The molecule has 1 unspecified atom stereocenters. The van der Waals surface area contributed by atoms with E-state index in [2.05, 4.69) is 29.8 Å². The van der Waals surface area contributed by atoms with E-state index in [-0.39, 0.29) is 42.0 Å². The number of carbonyl (C=O) groups excluding carboxylic acids is 3. The largest absolute Gasteiger partial charge is 0.354 e. The first-order chi connectivity index (χ1) is 14.3. The molecule has 0 aromatic heterocycles. The molecule has 0 spiro atoms. The monoisotopic (exact) mass is 462 g/mol. The van der Waals surface area contributed by atoms with Crippen molar-refractivity contribution < 1.29 is 23.8 Å². The first-order valence-corrected chi connectivity index (χ1v) is 13.1. The van der Waals surface area contributed by atoms with Gasteiger partial charge in [0.25, 0.3) is 0 Å². The number of carbonyl (C=O) groups is 3. The zero-order valence-corrected chi connectivity index (χ0v) is 20.8. The predicted octanol–water partition coefficient (Wildman–Crippen LogP) is 2.42. The maximum Gasteiger partial charge on any atom is 0.312 e. The van der Waals surface area contributed by atoms with Crippen molar-refractivity contribution in [1.82, 2.24) is 16.0 Å². The van der Waals surface area contributed by atoms with Crippen molar-refractivity contribution in [2.24, 2.45) is 23.5 Å². The van der Waals surface area contributed by atoms with Crippen LogP contribution >= 0.6 is 7.37 Å². The number of nitrogens with one attached hydrogen (secondary N) is 3. The van der Waals surface area contributed by atoms with E-state index in [0.717, 1.165) is 6.42 Å². The summed E-state index contributed by atoms with van der Waals surface area (Å²) >= 11 is 0. The number of primary amides is 1. The highest BCUT2D eigenvalue weighted by Gasteiger charge is 2.28. The van der Waals surface area contributed by atoms with Crippen molar-refractivity contribution in [2.75, 3.05) is 19.3 Å². The van der Waals surface area contributed by atoms with E-state index in [1.54, 1.807) is 13.8 Å². The maximum absolute atomic E-state index is 12.9. The Morgan fingerprint density at radius 1 is 0.935 bits per heavy atom. The lowest BCUT2D eigenvalue weighted by Crippen LogP contribution is -2.49. The fraction of sp³-hybridized carbons (Fsp3) is 0.857. The molecule has 0 saturated heterocycles. The van der Waals surface area contributed by atoms with Crippen LogP contribution in [-0.2, 0) is 14.2 Å². The second-order valence-electron chi connectivity index (χ2n) is 9.19. The molecule has 0 bridgehead atoms. The first-order valence-electron chi connectivity index (χ1n) is 11.2. The van der Waals surface area contributed by atoms with Gasteiger partial charge in [0.05, 0.1) is 0 Å². The molecule has 0 heterocycles. The molecule has 3 atom stereocenters. The SMILES string of the molecule is CC(C)C[C@H](C(=O)N[C@@H](CCCNC(N)=O)C(=O)NCCCP(=O)(O)C(C)C)C(C)C. The quantitative estimate of drug-likeness (QED) is 0.187. The van der Waals surface area contributed by atoms with Crippen LogP contribution in [0.2, 0.25) is 0 Å². The summed E-state index contributed by atoms with van der Waals surface area (Å²) in [5, 5.41) is 8.10. The van der Waals surface area contributed by atoms with Crippen molar-refractivity contribution in [1.29, 1.82) is 0 Å². The average molecular weight is 463 g/mol. The molecule has 0 aliphatic rings. The maximum atomic E-state index is 12.9. The molecule has 0 aliphatic heterocycles. The summed E-state index contributed by atoms with van der Waals surface area (Å²) in [5.74, 6) is -0.216. The minimum absolute atomic E-state index is 0.133. The van der Waals surface area contributed by atoms with Gasteiger partial charge in [-0.25, -0.2) is 4.79 Å². The van der Waals surface area contributed by atoms with Crippen LogP contribution in [0.25, 0.3) is 0 Å². The number of hydrogen-bond acceptors (Lipinski definition) is 4. The van der Waals surface area contributed by atoms with Crippen LogP contribution in [0.1, 0.15) is 67.2 Å². The van der Waals surface area contributed by atoms with Gasteiger partial charge in [0.2, 0.25) is 19.2 Å². The highest BCUT2D eigenvalue weighted by atomic mass is 31.2. The molecule has 10 heteroatoms. The van der Waals surface area contributed by atoms with E-state index in [0.29, 0.717) is 31.7 Å². The smallest absolute Gasteiger partial charge is 0.312 e. The van der Waals surface area contributed by atoms with Gasteiger partial charge < -0.3 is 26.6 Å². The van der Waals surface area contributed by atoms with E-state index in [1.807, 2.05) is 13.8 Å². The summed E-state index contributed by atoms with van der Waals surface area (Å²) in [5.41, 5.74) is 4.75. The lowest BCUT2D eigenvalue weighted by atomic mass is 9.86. The molecule has 0 aromatic carbocycles. The van der Waals surface area contributed by atoms with Gasteiger partial charge >= 0.3 is 6.03 Å². The molecule has 6 N–H and O–H groups in total. The number of nitrogens with two attached hydrogens (primary N) is 1. The minimum atomic E-state index is -3.21. The molecular weight excluding hydrogens is 419 g/mol. The van der Waals surface area contributed by atoms with Gasteiger partial charge in [-0.3, -0.25) is 14.2 Å². The fourth-order valence-electron chi connectivity index (χ4n) is 3.15. The Labute approximate surface area is 187 Å². The number of urea groups is 1. The highest BCUT2D eigenvalue weighted by molar-refractivity contribution is 7.58. The summed E-state index contributed by atoms with van der Waals surface area (Å²) in [6.07, 6.45) is 2.05. The third kappa shape index (κ3) is 12.8. The Bertz CT molecular complexity index is 625. The van der Waals surface area contributed by atoms with Gasteiger partial charge in [-0.2, -0.15) is 0 Å². The normalized spacial score (nSPS) is 15.4. The van der Waals surface area contributed by atoms with Gasteiger partial charge in [0.1, 0.15) is 6.04 Å². The number of hydrogen-bond donors (Lipinski definition) is 5. The van der Waals surface area contributed by atoms with Gasteiger partial charge in [0.15, 0.2) is 0 Å². The van der Waals surface area contributed by atoms with Crippen molar-refractivity contribution in [3.63, 3.8) is 0 Å². The summed E-state index contributed by atoms with van der Waals surface area (Å²) in [6.45, 7) is 12.0. The van der Waals surface area contributed by atoms with Crippen LogP contribution in [0.3, 0.4) is 0 Å². The lowest BCUT2D eigenvalue weighted by molar-refractivity contribution is -0.132. The Hall–Kier alpha value is -1.60. The van der Waals surface area contributed by atoms with Crippen molar-refractivity contribution in [3.05, 3.63) is 0 Å². The van der Waals surface area contributed by atoms with Crippen LogP contribution in [-0.4, -0.2) is 53.7 Å². The topological polar surface area (TPSA) is 151 Å². The summed E-state index contributed by atoms with van der Waals surface area (Å²) in [6, 6.07) is -1.39. The second-order valence-corrected chi connectivity index (χ2v) is 12.2.